The third kappa shape index (κ3) is 3.84. The fourth-order valence-corrected chi connectivity index (χ4v) is 3.89. The predicted molar refractivity (Wildman–Crippen MR) is 104 cm³/mol. The van der Waals surface area contributed by atoms with Gasteiger partial charge in [-0.1, -0.05) is 36.3 Å². The first-order valence-electron chi connectivity index (χ1n) is 9.74. The Balaban J connectivity index is 1.76. The number of aliphatic hydroxyl groups excluding tert-OH is 1. The average molecular weight is 387 g/mol. The molecule has 28 heavy (non-hydrogen) atoms. The lowest BCUT2D eigenvalue weighted by molar-refractivity contribution is -0.158. The highest BCUT2D eigenvalue weighted by atomic mass is 16.5. The highest BCUT2D eigenvalue weighted by Crippen LogP contribution is 2.45. The van der Waals surface area contributed by atoms with Gasteiger partial charge in [-0.05, 0) is 38.7 Å². The first-order valence-corrected chi connectivity index (χ1v) is 9.74. The number of carbonyl (C=O) groups excluding carboxylic acids is 1. The van der Waals surface area contributed by atoms with Gasteiger partial charge in [-0.15, -0.1) is 0 Å². The minimum atomic E-state index is -0.398. The third-order valence-electron chi connectivity index (χ3n) is 6.23. The molecule has 0 saturated carbocycles. The summed E-state index contributed by atoms with van der Waals surface area (Å²) < 4.78 is 16.6. The maximum Gasteiger partial charge on any atom is 0.306 e. The summed E-state index contributed by atoms with van der Waals surface area (Å²) in [6, 6.07) is 8.01. The molecule has 0 radical (unpaired) electrons. The van der Waals surface area contributed by atoms with Crippen molar-refractivity contribution in [3.05, 3.63) is 41.1 Å². The van der Waals surface area contributed by atoms with Gasteiger partial charge in [0.15, 0.2) is 5.76 Å². The van der Waals surface area contributed by atoms with Crippen molar-refractivity contribution in [3.63, 3.8) is 0 Å². The van der Waals surface area contributed by atoms with Crippen LogP contribution in [0.3, 0.4) is 0 Å². The Hall–Kier alpha value is -2.18. The number of aryl methyl sites for hydroxylation is 1. The van der Waals surface area contributed by atoms with Gasteiger partial charge in [-0.25, -0.2) is 0 Å². The molecule has 0 spiro atoms. The predicted octanol–water partition coefficient (Wildman–Crippen LogP) is 4.13. The number of hydrogen-bond acceptors (Lipinski definition) is 6. The van der Waals surface area contributed by atoms with Crippen molar-refractivity contribution in [1.29, 1.82) is 0 Å². The summed E-state index contributed by atoms with van der Waals surface area (Å²) in [5, 5.41) is 13.5. The number of nitrogens with zero attached hydrogens (tertiary/aromatic N) is 1. The standard InChI is InChI=1S/C22H29NO5/c1-5-22(12-19(25)26-4)11-10-21(3,27-14-22)17-8-6-16(7-9-17)20-18(13-24)15(2)23-28-20/h6-9,24H,5,10-14H2,1-4H3. The van der Waals surface area contributed by atoms with Crippen LogP contribution in [0.2, 0.25) is 0 Å². The molecule has 0 bridgehead atoms. The topological polar surface area (TPSA) is 81.8 Å². The van der Waals surface area contributed by atoms with Gasteiger partial charge in [0.05, 0.1) is 38.0 Å². The van der Waals surface area contributed by atoms with Crippen LogP contribution in [0.4, 0.5) is 0 Å². The van der Waals surface area contributed by atoms with E-state index in [0.29, 0.717) is 30.0 Å². The van der Waals surface area contributed by atoms with E-state index in [4.69, 9.17) is 14.0 Å². The fourth-order valence-electron chi connectivity index (χ4n) is 3.89. The number of esters is 1. The molecule has 1 aliphatic rings. The van der Waals surface area contributed by atoms with Crippen molar-refractivity contribution in [3.8, 4) is 11.3 Å². The highest BCUT2D eigenvalue weighted by molar-refractivity contribution is 5.70. The van der Waals surface area contributed by atoms with E-state index in [9.17, 15) is 9.90 Å². The second-order valence-electron chi connectivity index (χ2n) is 7.94. The Morgan fingerprint density at radius 3 is 2.54 bits per heavy atom. The van der Waals surface area contributed by atoms with E-state index in [-0.39, 0.29) is 18.0 Å². The molecule has 6 nitrogen and oxygen atoms in total. The van der Waals surface area contributed by atoms with Gasteiger partial charge in [0.2, 0.25) is 0 Å². The quantitative estimate of drug-likeness (QED) is 0.751. The number of aromatic nitrogens is 1. The number of carbonyl (C=O) groups is 1. The normalized spacial score (nSPS) is 24.9. The van der Waals surface area contributed by atoms with E-state index < -0.39 is 5.60 Å². The minimum Gasteiger partial charge on any atom is -0.469 e. The number of benzene rings is 1. The zero-order valence-electron chi connectivity index (χ0n) is 17.1. The van der Waals surface area contributed by atoms with Gasteiger partial charge in [-0.2, -0.15) is 0 Å². The Bertz CT molecular complexity index is 816. The summed E-state index contributed by atoms with van der Waals surface area (Å²) in [5.41, 5.74) is 2.82. The van der Waals surface area contributed by atoms with Crippen molar-refractivity contribution < 1.29 is 23.9 Å². The van der Waals surface area contributed by atoms with Crippen LogP contribution < -0.4 is 0 Å². The number of rotatable bonds is 6. The van der Waals surface area contributed by atoms with Crippen LogP contribution in [0.15, 0.2) is 28.8 Å². The first kappa shape index (κ1) is 20.6. The van der Waals surface area contributed by atoms with E-state index in [0.717, 1.165) is 30.4 Å². The molecule has 6 heteroatoms. The monoisotopic (exact) mass is 387 g/mol. The van der Waals surface area contributed by atoms with E-state index in [1.807, 2.05) is 31.2 Å². The summed E-state index contributed by atoms with van der Waals surface area (Å²) in [6.45, 7) is 6.44. The summed E-state index contributed by atoms with van der Waals surface area (Å²) in [4.78, 5) is 11.8. The van der Waals surface area contributed by atoms with E-state index in [1.54, 1.807) is 0 Å². The van der Waals surface area contributed by atoms with Gasteiger partial charge in [0.1, 0.15) is 0 Å². The summed E-state index contributed by atoms with van der Waals surface area (Å²) in [5.74, 6) is 0.421. The molecule has 0 amide bonds. The molecular weight excluding hydrogens is 358 g/mol. The number of ether oxygens (including phenoxy) is 2. The molecule has 3 rings (SSSR count). The van der Waals surface area contributed by atoms with Crippen LogP contribution in [0.5, 0.6) is 0 Å². The van der Waals surface area contributed by atoms with Crippen molar-refractivity contribution >= 4 is 5.97 Å². The van der Waals surface area contributed by atoms with E-state index in [1.165, 1.54) is 7.11 Å². The lowest BCUT2D eigenvalue weighted by atomic mass is 9.72. The van der Waals surface area contributed by atoms with Gasteiger partial charge in [0.25, 0.3) is 0 Å². The maximum atomic E-state index is 11.8. The van der Waals surface area contributed by atoms with Crippen LogP contribution in [0.25, 0.3) is 11.3 Å². The summed E-state index contributed by atoms with van der Waals surface area (Å²) in [7, 11) is 1.43. The van der Waals surface area contributed by atoms with E-state index >= 15 is 0 Å². The first-order chi connectivity index (χ1) is 13.4. The van der Waals surface area contributed by atoms with Crippen molar-refractivity contribution in [1.82, 2.24) is 5.16 Å². The van der Waals surface area contributed by atoms with Crippen LogP contribution >= 0.6 is 0 Å². The van der Waals surface area contributed by atoms with Crippen molar-refractivity contribution in [2.45, 2.75) is 58.7 Å². The zero-order chi connectivity index (χ0) is 20.4. The molecule has 0 aliphatic carbocycles. The number of hydrogen-bond donors (Lipinski definition) is 1. The molecule has 2 aromatic rings. The molecular formula is C22H29NO5. The highest BCUT2D eigenvalue weighted by Gasteiger charge is 2.42. The maximum absolute atomic E-state index is 11.8. The molecule has 2 heterocycles. The molecule has 1 saturated heterocycles. The molecule has 1 fully saturated rings. The largest absolute Gasteiger partial charge is 0.469 e. The SMILES string of the molecule is CCC1(CC(=O)OC)CCC(C)(c2ccc(-c3onc(C)c3CO)cc2)OC1. The molecule has 1 aromatic heterocycles. The van der Waals surface area contributed by atoms with Crippen LogP contribution in [-0.2, 0) is 26.5 Å². The second kappa shape index (κ2) is 8.05. The Morgan fingerprint density at radius 1 is 1.29 bits per heavy atom. The zero-order valence-corrected chi connectivity index (χ0v) is 17.1. The number of aliphatic hydroxyl groups is 1. The van der Waals surface area contributed by atoms with Gasteiger partial charge in [0, 0.05) is 16.5 Å². The molecule has 1 N–H and O–H groups in total. The average Bonchev–Trinajstić information content (AvgIpc) is 3.10. The molecule has 1 aliphatic heterocycles. The smallest absolute Gasteiger partial charge is 0.306 e. The Kier molecular flexibility index (Phi) is 5.91. The second-order valence-corrected chi connectivity index (χ2v) is 7.94. The van der Waals surface area contributed by atoms with Gasteiger partial charge in [-0.3, -0.25) is 4.79 Å². The van der Waals surface area contributed by atoms with Crippen LogP contribution in [-0.4, -0.2) is 29.9 Å². The fraction of sp³-hybridized carbons (Fsp3) is 0.545. The van der Waals surface area contributed by atoms with Crippen molar-refractivity contribution in [2.75, 3.05) is 13.7 Å². The molecule has 1 aromatic carbocycles. The lowest BCUT2D eigenvalue weighted by Crippen LogP contribution is -2.42. The molecule has 2 atom stereocenters. The minimum absolute atomic E-state index is 0.105. The Labute approximate surface area is 165 Å². The summed E-state index contributed by atoms with van der Waals surface area (Å²) in [6.07, 6.45) is 3.02. The summed E-state index contributed by atoms with van der Waals surface area (Å²) >= 11 is 0. The molecule has 2 unspecified atom stereocenters. The molecule has 152 valence electrons. The van der Waals surface area contributed by atoms with Gasteiger partial charge >= 0.3 is 5.97 Å². The van der Waals surface area contributed by atoms with Crippen LogP contribution in [0, 0.1) is 12.3 Å². The third-order valence-corrected chi connectivity index (χ3v) is 6.23. The van der Waals surface area contributed by atoms with Crippen LogP contribution in [0.1, 0.15) is 56.4 Å². The number of methoxy groups -OCH3 is 1. The van der Waals surface area contributed by atoms with Crippen molar-refractivity contribution in [2.24, 2.45) is 5.41 Å². The Morgan fingerprint density at radius 2 is 2.00 bits per heavy atom. The lowest BCUT2D eigenvalue weighted by Gasteiger charge is -2.44. The van der Waals surface area contributed by atoms with E-state index in [2.05, 4.69) is 19.0 Å². The van der Waals surface area contributed by atoms with Gasteiger partial charge < -0.3 is 19.1 Å².